The van der Waals surface area contributed by atoms with E-state index in [4.69, 9.17) is 15.2 Å². The smallest absolute Gasteiger partial charge is 0.122 e. The molecule has 2 aromatic rings. The molecule has 0 amide bonds. The predicted octanol–water partition coefficient (Wildman–Crippen LogP) is 3.21. The molecule has 0 heterocycles. The molecule has 0 aliphatic rings. The molecule has 2 rings (SSSR count). The maximum atomic E-state index is 6.32. The topological polar surface area (TPSA) is 44.5 Å². The van der Waals surface area contributed by atoms with Gasteiger partial charge in [0.2, 0.25) is 0 Å². The monoisotopic (exact) mass is 285 g/mol. The van der Waals surface area contributed by atoms with Crippen LogP contribution in [0.3, 0.4) is 0 Å². The highest BCUT2D eigenvalue weighted by Crippen LogP contribution is 2.22. The Morgan fingerprint density at radius 1 is 0.905 bits per heavy atom. The molecule has 1 atom stereocenters. The average molecular weight is 285 g/mol. The van der Waals surface area contributed by atoms with E-state index < -0.39 is 0 Å². The Bertz CT molecular complexity index is 569. The molecule has 2 N–H and O–H groups in total. The van der Waals surface area contributed by atoms with Crippen molar-refractivity contribution in [2.45, 2.75) is 25.8 Å². The van der Waals surface area contributed by atoms with Crippen LogP contribution in [0.1, 0.15) is 18.1 Å². The van der Waals surface area contributed by atoms with Crippen molar-refractivity contribution in [1.29, 1.82) is 0 Å². The van der Waals surface area contributed by atoms with E-state index in [1.807, 2.05) is 43.3 Å². The Labute approximate surface area is 126 Å². The Hall–Kier alpha value is -2.00. The number of benzene rings is 2. The molecule has 0 aromatic heterocycles. The molecule has 0 saturated heterocycles. The van der Waals surface area contributed by atoms with E-state index in [9.17, 15) is 0 Å². The van der Waals surface area contributed by atoms with Gasteiger partial charge < -0.3 is 15.2 Å². The number of hydrogen-bond acceptors (Lipinski definition) is 3. The third-order valence-corrected chi connectivity index (χ3v) is 3.43. The molecular formula is C18H23NO2. The van der Waals surface area contributed by atoms with Gasteiger partial charge in [0.25, 0.3) is 0 Å². The molecule has 3 heteroatoms. The normalized spacial score (nSPS) is 12.0. The number of hydrogen-bond donors (Lipinski definition) is 1. The van der Waals surface area contributed by atoms with Crippen molar-refractivity contribution in [2.75, 3.05) is 13.7 Å². The van der Waals surface area contributed by atoms with Crippen LogP contribution in [0.4, 0.5) is 0 Å². The van der Waals surface area contributed by atoms with Crippen molar-refractivity contribution in [1.82, 2.24) is 0 Å². The lowest BCUT2D eigenvalue weighted by Crippen LogP contribution is -2.26. The van der Waals surface area contributed by atoms with Crippen molar-refractivity contribution in [2.24, 2.45) is 5.73 Å². The molecule has 3 nitrogen and oxygen atoms in total. The van der Waals surface area contributed by atoms with E-state index >= 15 is 0 Å². The molecule has 21 heavy (non-hydrogen) atoms. The third kappa shape index (κ3) is 4.23. The maximum absolute atomic E-state index is 6.32. The minimum atomic E-state index is 0.0305. The van der Waals surface area contributed by atoms with Crippen LogP contribution in [0.2, 0.25) is 0 Å². The minimum Gasteiger partial charge on any atom is -0.496 e. The van der Waals surface area contributed by atoms with Gasteiger partial charge in [-0.15, -0.1) is 0 Å². The molecule has 0 radical (unpaired) electrons. The third-order valence-electron chi connectivity index (χ3n) is 3.43. The summed E-state index contributed by atoms with van der Waals surface area (Å²) >= 11 is 0. The number of para-hydroxylation sites is 2. The van der Waals surface area contributed by atoms with Gasteiger partial charge in [-0.2, -0.15) is 0 Å². The SMILES string of the molecule is CCOc1ccccc1CC(N)Cc1ccccc1OC. The predicted molar refractivity (Wildman–Crippen MR) is 86.0 cm³/mol. The first-order valence-corrected chi connectivity index (χ1v) is 7.32. The van der Waals surface area contributed by atoms with Crippen molar-refractivity contribution >= 4 is 0 Å². The zero-order chi connectivity index (χ0) is 15.1. The summed E-state index contributed by atoms with van der Waals surface area (Å²) in [5.74, 6) is 1.82. The van der Waals surface area contributed by atoms with Gasteiger partial charge >= 0.3 is 0 Å². The Morgan fingerprint density at radius 3 is 2.00 bits per heavy atom. The lowest BCUT2D eigenvalue weighted by molar-refractivity contribution is 0.335. The van der Waals surface area contributed by atoms with Crippen LogP contribution in [-0.2, 0) is 12.8 Å². The van der Waals surface area contributed by atoms with Gasteiger partial charge in [0.1, 0.15) is 11.5 Å². The molecule has 1 unspecified atom stereocenters. The summed E-state index contributed by atoms with van der Waals surface area (Å²) in [6.07, 6.45) is 1.57. The lowest BCUT2D eigenvalue weighted by atomic mass is 9.98. The van der Waals surface area contributed by atoms with Gasteiger partial charge in [0.05, 0.1) is 13.7 Å². The molecule has 0 saturated carbocycles. The van der Waals surface area contributed by atoms with E-state index in [2.05, 4.69) is 12.1 Å². The first-order chi connectivity index (χ1) is 10.2. The highest BCUT2D eigenvalue weighted by molar-refractivity contribution is 5.36. The Kier molecular flexibility index (Phi) is 5.64. The molecule has 112 valence electrons. The van der Waals surface area contributed by atoms with Crippen LogP contribution in [0.25, 0.3) is 0 Å². The van der Waals surface area contributed by atoms with Crippen LogP contribution >= 0.6 is 0 Å². The molecule has 0 aliphatic heterocycles. The summed E-state index contributed by atoms with van der Waals surface area (Å²) in [6, 6.07) is 16.1. The second-order valence-corrected chi connectivity index (χ2v) is 5.02. The molecule has 0 bridgehead atoms. The second kappa shape index (κ2) is 7.70. The summed E-state index contributed by atoms with van der Waals surface area (Å²) in [5, 5.41) is 0. The van der Waals surface area contributed by atoms with Gasteiger partial charge in [-0.05, 0) is 43.0 Å². The van der Waals surface area contributed by atoms with Crippen LogP contribution < -0.4 is 15.2 Å². The van der Waals surface area contributed by atoms with Crippen molar-refractivity contribution in [3.8, 4) is 11.5 Å². The van der Waals surface area contributed by atoms with E-state index in [0.29, 0.717) is 6.61 Å². The van der Waals surface area contributed by atoms with Crippen LogP contribution in [0.5, 0.6) is 11.5 Å². The van der Waals surface area contributed by atoms with Crippen molar-refractivity contribution in [3.05, 3.63) is 59.7 Å². The van der Waals surface area contributed by atoms with E-state index in [-0.39, 0.29) is 6.04 Å². The first kappa shape index (κ1) is 15.4. The van der Waals surface area contributed by atoms with Gasteiger partial charge in [0.15, 0.2) is 0 Å². The summed E-state index contributed by atoms with van der Waals surface area (Å²) in [7, 11) is 1.69. The average Bonchev–Trinajstić information content (AvgIpc) is 2.50. The zero-order valence-electron chi connectivity index (χ0n) is 12.7. The number of methoxy groups -OCH3 is 1. The Morgan fingerprint density at radius 2 is 1.43 bits per heavy atom. The maximum Gasteiger partial charge on any atom is 0.122 e. The molecule has 2 aromatic carbocycles. The van der Waals surface area contributed by atoms with Crippen LogP contribution in [0.15, 0.2) is 48.5 Å². The van der Waals surface area contributed by atoms with Gasteiger partial charge in [-0.25, -0.2) is 0 Å². The summed E-state index contributed by atoms with van der Waals surface area (Å²) < 4.78 is 11.0. The van der Waals surface area contributed by atoms with Crippen LogP contribution in [0, 0.1) is 0 Å². The highest BCUT2D eigenvalue weighted by atomic mass is 16.5. The van der Waals surface area contributed by atoms with Crippen molar-refractivity contribution < 1.29 is 9.47 Å². The van der Waals surface area contributed by atoms with Crippen LogP contribution in [-0.4, -0.2) is 19.8 Å². The van der Waals surface area contributed by atoms with E-state index in [0.717, 1.165) is 35.5 Å². The lowest BCUT2D eigenvalue weighted by Gasteiger charge is -2.16. The zero-order valence-corrected chi connectivity index (χ0v) is 12.7. The summed E-state index contributed by atoms with van der Waals surface area (Å²) in [6.45, 7) is 2.66. The standard InChI is InChI=1S/C18H23NO2/c1-3-21-18-11-7-5-9-15(18)13-16(19)12-14-8-4-6-10-17(14)20-2/h4-11,16H,3,12-13,19H2,1-2H3. The molecule has 0 fully saturated rings. The highest BCUT2D eigenvalue weighted by Gasteiger charge is 2.11. The number of rotatable bonds is 7. The quantitative estimate of drug-likeness (QED) is 0.849. The molecular weight excluding hydrogens is 262 g/mol. The van der Waals surface area contributed by atoms with E-state index in [1.54, 1.807) is 7.11 Å². The molecule has 0 spiro atoms. The fourth-order valence-corrected chi connectivity index (χ4v) is 2.48. The number of ether oxygens (including phenoxy) is 2. The minimum absolute atomic E-state index is 0.0305. The fourth-order valence-electron chi connectivity index (χ4n) is 2.48. The fraction of sp³-hybridized carbons (Fsp3) is 0.333. The van der Waals surface area contributed by atoms with Gasteiger partial charge in [-0.1, -0.05) is 36.4 Å². The molecule has 0 aliphatic carbocycles. The van der Waals surface area contributed by atoms with Gasteiger partial charge in [-0.3, -0.25) is 0 Å². The first-order valence-electron chi connectivity index (χ1n) is 7.32. The van der Waals surface area contributed by atoms with Crippen molar-refractivity contribution in [3.63, 3.8) is 0 Å². The summed E-state index contributed by atoms with van der Waals surface area (Å²) in [4.78, 5) is 0. The van der Waals surface area contributed by atoms with Gasteiger partial charge in [0, 0.05) is 6.04 Å². The Balaban J connectivity index is 2.06. The summed E-state index contributed by atoms with van der Waals surface area (Å²) in [5.41, 5.74) is 8.61. The number of nitrogens with two attached hydrogens (primary N) is 1. The van der Waals surface area contributed by atoms with E-state index in [1.165, 1.54) is 0 Å². The second-order valence-electron chi connectivity index (χ2n) is 5.02. The largest absolute Gasteiger partial charge is 0.496 e.